The molecule has 2 amide bonds. The third kappa shape index (κ3) is 4.55. The Kier molecular flexibility index (Phi) is 6.32. The zero-order valence-electron chi connectivity index (χ0n) is 14.0. The molecule has 0 aliphatic rings. The maximum atomic E-state index is 13.7. The van der Waals surface area contributed by atoms with Gasteiger partial charge in [0.2, 0.25) is 0 Å². The average molecular weight is 330 g/mol. The molecule has 2 rings (SSSR count). The van der Waals surface area contributed by atoms with Crippen molar-refractivity contribution in [3.8, 4) is 0 Å². The van der Waals surface area contributed by atoms with Crippen molar-refractivity contribution < 1.29 is 14.3 Å². The second-order valence-corrected chi connectivity index (χ2v) is 5.82. The van der Waals surface area contributed by atoms with Crippen LogP contribution >= 0.6 is 0 Å². The van der Waals surface area contributed by atoms with Gasteiger partial charge in [0.1, 0.15) is 5.82 Å². The van der Waals surface area contributed by atoms with Gasteiger partial charge < -0.3 is 15.3 Å². The summed E-state index contributed by atoms with van der Waals surface area (Å²) in [4.78, 5) is 14.4. The number of anilines is 1. The molecule has 1 atom stereocenters. The lowest BCUT2D eigenvalue weighted by Gasteiger charge is -2.29. The molecule has 2 N–H and O–H groups in total. The van der Waals surface area contributed by atoms with E-state index in [0.717, 1.165) is 5.56 Å². The molecular formula is C19H23FN2O2. The van der Waals surface area contributed by atoms with E-state index in [-0.39, 0.29) is 24.5 Å². The van der Waals surface area contributed by atoms with Gasteiger partial charge in [0.05, 0.1) is 0 Å². The summed E-state index contributed by atoms with van der Waals surface area (Å²) in [5, 5.41) is 12.0. The van der Waals surface area contributed by atoms with E-state index in [2.05, 4.69) is 5.32 Å². The molecule has 0 saturated heterocycles. The molecule has 0 bridgehead atoms. The lowest BCUT2D eigenvalue weighted by atomic mass is 10.1. The number of nitrogens with zero attached hydrogens (tertiary/aromatic N) is 1. The fraction of sp³-hybridized carbons (Fsp3) is 0.316. The molecule has 2 aromatic carbocycles. The van der Waals surface area contributed by atoms with Crippen molar-refractivity contribution in [2.45, 2.75) is 32.9 Å². The maximum Gasteiger partial charge on any atom is 0.322 e. The number of carbonyl (C=O) groups excluding carboxylic acids is 1. The summed E-state index contributed by atoms with van der Waals surface area (Å²) in [6.45, 7) is 3.93. The first-order valence-corrected chi connectivity index (χ1v) is 8.00. The van der Waals surface area contributed by atoms with Gasteiger partial charge in [-0.3, -0.25) is 0 Å². The lowest BCUT2D eigenvalue weighted by Crippen LogP contribution is -2.41. The van der Waals surface area contributed by atoms with Crippen molar-refractivity contribution in [1.29, 1.82) is 0 Å². The second-order valence-electron chi connectivity index (χ2n) is 5.82. The van der Waals surface area contributed by atoms with Crippen LogP contribution in [0.5, 0.6) is 0 Å². The van der Waals surface area contributed by atoms with Crippen molar-refractivity contribution in [2.24, 2.45) is 0 Å². The third-order valence-corrected chi connectivity index (χ3v) is 4.04. The molecule has 0 heterocycles. The number of benzene rings is 2. The van der Waals surface area contributed by atoms with Gasteiger partial charge >= 0.3 is 6.03 Å². The first-order chi connectivity index (χ1) is 11.5. The summed E-state index contributed by atoms with van der Waals surface area (Å²) in [7, 11) is 0. The summed E-state index contributed by atoms with van der Waals surface area (Å²) >= 11 is 0. The van der Waals surface area contributed by atoms with Crippen molar-refractivity contribution in [3.63, 3.8) is 0 Å². The molecule has 0 aromatic heterocycles. The molecule has 5 heteroatoms. The Bertz CT molecular complexity index is 676. The van der Waals surface area contributed by atoms with Gasteiger partial charge in [-0.1, -0.05) is 36.4 Å². The molecule has 0 aliphatic heterocycles. The molecule has 0 aliphatic carbocycles. The number of aliphatic hydroxyl groups excluding tert-OH is 1. The van der Waals surface area contributed by atoms with Gasteiger partial charge in [0.15, 0.2) is 0 Å². The number of hydrogen-bond donors (Lipinski definition) is 2. The number of nitrogens with one attached hydrogen (secondary N) is 1. The predicted molar refractivity (Wildman–Crippen MR) is 93.3 cm³/mol. The fourth-order valence-electron chi connectivity index (χ4n) is 2.48. The average Bonchev–Trinajstić information content (AvgIpc) is 2.58. The standard InChI is InChI=1S/C19H23FN2O2/c1-14(11-12-23)22(13-16-7-4-3-5-8-16)19(24)21-18-10-6-9-17(20)15(18)2/h3-10,14,23H,11-13H2,1-2H3,(H,21,24). The summed E-state index contributed by atoms with van der Waals surface area (Å²) in [6.07, 6.45) is 0.475. The molecular weight excluding hydrogens is 307 g/mol. The normalized spacial score (nSPS) is 11.8. The van der Waals surface area contributed by atoms with Crippen LogP contribution in [-0.4, -0.2) is 28.7 Å². The Morgan fingerprint density at radius 3 is 2.58 bits per heavy atom. The number of aliphatic hydroxyl groups is 1. The third-order valence-electron chi connectivity index (χ3n) is 4.04. The van der Waals surface area contributed by atoms with Crippen molar-refractivity contribution in [2.75, 3.05) is 11.9 Å². The number of carbonyl (C=O) groups is 1. The number of urea groups is 1. The summed E-state index contributed by atoms with van der Waals surface area (Å²) < 4.78 is 13.7. The van der Waals surface area contributed by atoms with Crippen LogP contribution in [0.4, 0.5) is 14.9 Å². The number of halogens is 1. The van der Waals surface area contributed by atoms with E-state index in [9.17, 15) is 14.3 Å². The molecule has 0 saturated carbocycles. The van der Waals surface area contributed by atoms with E-state index in [1.807, 2.05) is 37.3 Å². The zero-order valence-corrected chi connectivity index (χ0v) is 14.0. The Hall–Kier alpha value is -2.40. The van der Waals surface area contributed by atoms with Gasteiger partial charge in [-0.15, -0.1) is 0 Å². The highest BCUT2D eigenvalue weighted by molar-refractivity contribution is 5.90. The number of hydrogen-bond acceptors (Lipinski definition) is 2. The van der Waals surface area contributed by atoms with Crippen LogP contribution in [0.15, 0.2) is 48.5 Å². The van der Waals surface area contributed by atoms with Crippen LogP contribution in [0.1, 0.15) is 24.5 Å². The highest BCUT2D eigenvalue weighted by Crippen LogP contribution is 2.19. The molecule has 0 fully saturated rings. The van der Waals surface area contributed by atoms with Crippen LogP contribution in [0.25, 0.3) is 0 Å². The van der Waals surface area contributed by atoms with Crippen LogP contribution in [0.3, 0.4) is 0 Å². The lowest BCUT2D eigenvalue weighted by molar-refractivity contribution is 0.169. The van der Waals surface area contributed by atoms with E-state index >= 15 is 0 Å². The van der Waals surface area contributed by atoms with Gasteiger partial charge in [-0.05, 0) is 38.0 Å². The summed E-state index contributed by atoms with van der Waals surface area (Å²) in [6, 6.07) is 13.8. The summed E-state index contributed by atoms with van der Waals surface area (Å²) in [5.41, 5.74) is 1.85. The quantitative estimate of drug-likeness (QED) is 0.843. The first-order valence-electron chi connectivity index (χ1n) is 8.00. The molecule has 1 unspecified atom stereocenters. The van der Waals surface area contributed by atoms with E-state index in [4.69, 9.17) is 0 Å². The van der Waals surface area contributed by atoms with E-state index in [1.165, 1.54) is 6.07 Å². The molecule has 4 nitrogen and oxygen atoms in total. The van der Waals surface area contributed by atoms with E-state index < -0.39 is 0 Å². The van der Waals surface area contributed by atoms with E-state index in [0.29, 0.717) is 24.2 Å². The Balaban J connectivity index is 2.19. The highest BCUT2D eigenvalue weighted by Gasteiger charge is 2.21. The fourth-order valence-corrected chi connectivity index (χ4v) is 2.48. The van der Waals surface area contributed by atoms with Crippen LogP contribution in [-0.2, 0) is 6.54 Å². The van der Waals surface area contributed by atoms with Gasteiger partial charge in [0, 0.05) is 30.4 Å². The van der Waals surface area contributed by atoms with Gasteiger partial charge in [-0.2, -0.15) is 0 Å². The number of amides is 2. The number of rotatable bonds is 6. The smallest absolute Gasteiger partial charge is 0.322 e. The van der Waals surface area contributed by atoms with Gasteiger partial charge in [0.25, 0.3) is 0 Å². The largest absolute Gasteiger partial charge is 0.396 e. The van der Waals surface area contributed by atoms with Crippen LogP contribution < -0.4 is 5.32 Å². The topological polar surface area (TPSA) is 52.6 Å². The highest BCUT2D eigenvalue weighted by atomic mass is 19.1. The first kappa shape index (κ1) is 17.9. The van der Waals surface area contributed by atoms with Gasteiger partial charge in [-0.25, -0.2) is 9.18 Å². The van der Waals surface area contributed by atoms with Crippen LogP contribution in [0.2, 0.25) is 0 Å². The maximum absolute atomic E-state index is 13.7. The van der Waals surface area contributed by atoms with Crippen molar-refractivity contribution >= 4 is 11.7 Å². The zero-order chi connectivity index (χ0) is 17.5. The Morgan fingerprint density at radius 2 is 1.92 bits per heavy atom. The minimum absolute atomic E-state index is 0.00126. The minimum atomic E-state index is -0.356. The predicted octanol–water partition coefficient (Wildman–Crippen LogP) is 3.94. The Morgan fingerprint density at radius 1 is 1.21 bits per heavy atom. The van der Waals surface area contributed by atoms with Crippen molar-refractivity contribution in [3.05, 3.63) is 65.5 Å². The van der Waals surface area contributed by atoms with Crippen LogP contribution in [0, 0.1) is 12.7 Å². The summed E-state index contributed by atoms with van der Waals surface area (Å²) in [5.74, 6) is -0.356. The Labute approximate surface area is 141 Å². The SMILES string of the molecule is Cc1c(F)cccc1NC(=O)N(Cc1ccccc1)C(C)CCO. The van der Waals surface area contributed by atoms with E-state index in [1.54, 1.807) is 24.0 Å². The molecule has 24 heavy (non-hydrogen) atoms. The molecule has 2 aromatic rings. The van der Waals surface area contributed by atoms with Crippen molar-refractivity contribution in [1.82, 2.24) is 4.90 Å². The molecule has 128 valence electrons. The second kappa shape index (κ2) is 8.45. The minimum Gasteiger partial charge on any atom is -0.396 e. The monoisotopic (exact) mass is 330 g/mol. The molecule has 0 radical (unpaired) electrons. The molecule has 0 spiro atoms.